The van der Waals surface area contributed by atoms with Crippen molar-refractivity contribution in [1.29, 1.82) is 0 Å². The molecule has 0 aliphatic heterocycles. The Hall–Kier alpha value is -1.64. The molecule has 8 heteroatoms. The minimum absolute atomic E-state index is 0.0226. The quantitative estimate of drug-likeness (QED) is 0.733. The molecule has 0 aliphatic rings. The minimum Gasteiger partial charge on any atom is -0.381 e. The first kappa shape index (κ1) is 11.8. The number of nitrogen functional groups attached to an aromatic ring is 1. The molecule has 7 nitrogen and oxygen atoms in total. The molecule has 2 aromatic rings. The molecule has 0 aromatic carbocycles. The van der Waals surface area contributed by atoms with E-state index in [1.54, 1.807) is 38.5 Å². The first-order valence-corrected chi connectivity index (χ1v) is 6.32. The normalized spacial score (nSPS) is 12.4. The topological polar surface area (TPSA) is 92.7 Å². The maximum Gasteiger partial charge on any atom is 0.273 e. The number of hydrazine groups is 1. The summed E-state index contributed by atoms with van der Waals surface area (Å²) in [5, 5.41) is 1.28. The summed E-state index contributed by atoms with van der Waals surface area (Å²) in [4.78, 5) is 6.31. The zero-order valence-corrected chi connectivity index (χ0v) is 10.3. The van der Waals surface area contributed by atoms with Crippen molar-refractivity contribution in [2.24, 2.45) is 0 Å². The second kappa shape index (κ2) is 3.99. The van der Waals surface area contributed by atoms with Crippen LogP contribution in [0.3, 0.4) is 0 Å². The van der Waals surface area contributed by atoms with Crippen molar-refractivity contribution in [1.82, 2.24) is 19.2 Å². The second-order valence-electron chi connectivity index (χ2n) is 3.72. The second-order valence-corrected chi connectivity index (χ2v) is 5.30. The molecule has 17 heavy (non-hydrogen) atoms. The Labute approximate surface area is 98.9 Å². The number of nitrogens with zero attached hydrogens (tertiary/aromatic N) is 3. The number of hydrogen-bond donors (Lipinski definition) is 2. The van der Waals surface area contributed by atoms with Crippen LogP contribution in [0.1, 0.15) is 0 Å². The van der Waals surface area contributed by atoms with Crippen molar-refractivity contribution in [3.05, 3.63) is 24.4 Å². The molecule has 0 aliphatic carbocycles. The van der Waals surface area contributed by atoms with Gasteiger partial charge >= 0.3 is 0 Å². The van der Waals surface area contributed by atoms with Gasteiger partial charge in [0.05, 0.1) is 0 Å². The number of anilines is 1. The van der Waals surface area contributed by atoms with Crippen LogP contribution in [0.2, 0.25) is 0 Å². The molecule has 0 atom stereocenters. The summed E-state index contributed by atoms with van der Waals surface area (Å²) in [5.74, 6) is -0.0226. The Morgan fingerprint density at radius 1 is 1.41 bits per heavy atom. The lowest BCUT2D eigenvalue weighted by Crippen LogP contribution is -2.37. The van der Waals surface area contributed by atoms with E-state index in [2.05, 4.69) is 9.82 Å². The van der Waals surface area contributed by atoms with E-state index in [9.17, 15) is 8.42 Å². The van der Waals surface area contributed by atoms with Crippen molar-refractivity contribution in [3.8, 4) is 0 Å². The van der Waals surface area contributed by atoms with Crippen LogP contribution in [0.25, 0.3) is 5.65 Å². The molecule has 2 rings (SSSR count). The summed E-state index contributed by atoms with van der Waals surface area (Å²) in [7, 11) is -0.561. The highest BCUT2D eigenvalue weighted by Crippen LogP contribution is 2.19. The van der Waals surface area contributed by atoms with Crippen LogP contribution in [0.4, 0.5) is 5.82 Å². The Kier molecular flexibility index (Phi) is 2.77. The number of nitrogens with two attached hydrogens (primary N) is 1. The van der Waals surface area contributed by atoms with E-state index in [0.29, 0.717) is 5.65 Å². The summed E-state index contributed by atoms with van der Waals surface area (Å²) in [5.41, 5.74) is 6.14. The lowest BCUT2D eigenvalue weighted by molar-refractivity contribution is 0.363. The molecule has 0 saturated heterocycles. The van der Waals surface area contributed by atoms with Crippen LogP contribution in [-0.4, -0.2) is 36.9 Å². The zero-order chi connectivity index (χ0) is 12.6. The third kappa shape index (κ3) is 2.09. The standard InChI is InChI=1S/C9H13N5O2S/c1-13(2)12-17(15,16)9-8(10)11-7-5-3-4-6-14(7)9/h3-6,12H,10H2,1-2H3. The van der Waals surface area contributed by atoms with Crippen molar-refractivity contribution in [2.75, 3.05) is 19.8 Å². The number of rotatable bonds is 3. The first-order chi connectivity index (χ1) is 7.92. The summed E-state index contributed by atoms with van der Waals surface area (Å²) in [6.45, 7) is 0. The van der Waals surface area contributed by atoms with Gasteiger partial charge < -0.3 is 5.73 Å². The van der Waals surface area contributed by atoms with Gasteiger partial charge in [0.25, 0.3) is 10.0 Å². The van der Waals surface area contributed by atoms with Crippen LogP contribution in [0.5, 0.6) is 0 Å². The predicted molar refractivity (Wildman–Crippen MR) is 63.6 cm³/mol. The lowest BCUT2D eigenvalue weighted by atomic mass is 10.5. The molecule has 0 amide bonds. The van der Waals surface area contributed by atoms with Gasteiger partial charge in [-0.05, 0) is 12.1 Å². The molecule has 0 spiro atoms. The van der Waals surface area contributed by atoms with E-state index in [-0.39, 0.29) is 10.8 Å². The van der Waals surface area contributed by atoms with Gasteiger partial charge in [0.1, 0.15) is 5.65 Å². The van der Waals surface area contributed by atoms with E-state index in [1.165, 1.54) is 9.41 Å². The van der Waals surface area contributed by atoms with Gasteiger partial charge in [0, 0.05) is 20.3 Å². The van der Waals surface area contributed by atoms with E-state index in [1.807, 2.05) is 0 Å². The molecular formula is C9H13N5O2S. The summed E-state index contributed by atoms with van der Waals surface area (Å²) < 4.78 is 25.5. The molecule has 92 valence electrons. The van der Waals surface area contributed by atoms with E-state index in [0.717, 1.165) is 0 Å². The Balaban J connectivity index is 2.66. The molecule has 0 bridgehead atoms. The fraction of sp³-hybridized carbons (Fsp3) is 0.222. The van der Waals surface area contributed by atoms with Gasteiger partial charge in [-0.25, -0.2) is 18.4 Å². The summed E-state index contributed by atoms with van der Waals surface area (Å²) >= 11 is 0. The third-order valence-electron chi connectivity index (χ3n) is 2.07. The predicted octanol–water partition coefficient (Wildman–Crippen LogP) is -0.329. The number of hydrogen-bond acceptors (Lipinski definition) is 5. The van der Waals surface area contributed by atoms with Crippen molar-refractivity contribution >= 4 is 21.5 Å². The Morgan fingerprint density at radius 2 is 2.12 bits per heavy atom. The molecule has 0 unspecified atom stereocenters. The first-order valence-electron chi connectivity index (χ1n) is 4.84. The maximum atomic E-state index is 12.0. The zero-order valence-electron chi connectivity index (χ0n) is 9.45. The molecule has 0 radical (unpaired) electrons. The van der Waals surface area contributed by atoms with Gasteiger partial charge in [-0.2, -0.15) is 0 Å². The molecule has 0 fully saturated rings. The highest BCUT2D eigenvalue weighted by atomic mass is 32.2. The molecule has 3 N–H and O–H groups in total. The van der Waals surface area contributed by atoms with Gasteiger partial charge in [-0.15, -0.1) is 4.83 Å². The number of fused-ring (bicyclic) bond motifs is 1. The van der Waals surface area contributed by atoms with E-state index < -0.39 is 10.0 Å². The van der Waals surface area contributed by atoms with Crippen molar-refractivity contribution < 1.29 is 8.42 Å². The monoisotopic (exact) mass is 255 g/mol. The molecular weight excluding hydrogens is 242 g/mol. The SMILES string of the molecule is CN(C)NS(=O)(=O)c1c(N)nc2ccccn12. The fourth-order valence-corrected chi connectivity index (χ4v) is 2.84. The number of sulfonamides is 1. The lowest BCUT2D eigenvalue weighted by Gasteiger charge is -2.12. The van der Waals surface area contributed by atoms with E-state index >= 15 is 0 Å². The van der Waals surface area contributed by atoms with Crippen molar-refractivity contribution in [3.63, 3.8) is 0 Å². The molecule has 0 saturated carbocycles. The Morgan fingerprint density at radius 3 is 2.76 bits per heavy atom. The summed E-state index contributed by atoms with van der Waals surface area (Å²) in [6, 6.07) is 5.16. The number of pyridine rings is 1. The molecule has 2 aromatic heterocycles. The highest BCUT2D eigenvalue weighted by molar-refractivity contribution is 7.89. The maximum absolute atomic E-state index is 12.0. The fourth-order valence-electron chi connectivity index (χ4n) is 1.54. The largest absolute Gasteiger partial charge is 0.381 e. The Bertz CT molecular complexity index is 646. The van der Waals surface area contributed by atoms with Gasteiger partial charge in [-0.3, -0.25) is 4.40 Å². The van der Waals surface area contributed by atoms with Crippen LogP contribution in [0.15, 0.2) is 29.4 Å². The minimum atomic E-state index is -3.72. The highest BCUT2D eigenvalue weighted by Gasteiger charge is 2.24. The summed E-state index contributed by atoms with van der Waals surface area (Å²) in [6.07, 6.45) is 1.60. The third-order valence-corrected chi connectivity index (χ3v) is 3.59. The van der Waals surface area contributed by atoms with Crippen molar-refractivity contribution in [2.45, 2.75) is 5.03 Å². The smallest absolute Gasteiger partial charge is 0.273 e. The average molecular weight is 255 g/mol. The van der Waals surface area contributed by atoms with Crippen LogP contribution < -0.4 is 10.6 Å². The number of imidazole rings is 1. The average Bonchev–Trinajstić information content (AvgIpc) is 2.51. The van der Waals surface area contributed by atoms with Gasteiger partial charge in [0.2, 0.25) is 0 Å². The number of nitrogens with one attached hydrogen (secondary N) is 1. The van der Waals surface area contributed by atoms with Crippen LogP contribution in [-0.2, 0) is 10.0 Å². The molecule has 2 heterocycles. The number of aromatic nitrogens is 2. The van der Waals surface area contributed by atoms with Gasteiger partial charge in [0.15, 0.2) is 10.8 Å². The van der Waals surface area contributed by atoms with Gasteiger partial charge in [-0.1, -0.05) is 6.07 Å². The van der Waals surface area contributed by atoms with Crippen LogP contribution in [0, 0.1) is 0 Å². The van der Waals surface area contributed by atoms with E-state index in [4.69, 9.17) is 5.73 Å². The van der Waals surface area contributed by atoms with Crippen LogP contribution >= 0.6 is 0 Å².